The number of pyridine rings is 1. The zero-order chi connectivity index (χ0) is 12.4. The third-order valence-electron chi connectivity index (χ3n) is 2.01. The third kappa shape index (κ3) is 3.08. The van der Waals surface area contributed by atoms with Crippen LogP contribution in [0.1, 0.15) is 0 Å². The number of anilines is 3. The van der Waals surface area contributed by atoms with Crippen LogP contribution in [0.25, 0.3) is 0 Å². The minimum absolute atomic E-state index is 0.278. The van der Waals surface area contributed by atoms with Crippen molar-refractivity contribution < 1.29 is 4.39 Å². The van der Waals surface area contributed by atoms with Crippen molar-refractivity contribution in [1.82, 2.24) is 4.98 Å². The fourth-order valence-corrected chi connectivity index (χ4v) is 1.87. The number of benzene rings is 1. The van der Waals surface area contributed by atoms with Crippen LogP contribution in [0.5, 0.6) is 0 Å². The second kappa shape index (κ2) is 4.89. The van der Waals surface area contributed by atoms with Gasteiger partial charge in [-0.1, -0.05) is 11.6 Å². The first-order valence-electron chi connectivity index (χ1n) is 4.70. The van der Waals surface area contributed by atoms with Gasteiger partial charge in [0.25, 0.3) is 0 Å². The Morgan fingerprint density at radius 3 is 2.76 bits per heavy atom. The molecule has 0 aliphatic rings. The summed E-state index contributed by atoms with van der Waals surface area (Å²) in [7, 11) is 0. The summed E-state index contributed by atoms with van der Waals surface area (Å²) in [6.07, 6.45) is 0. The molecule has 0 saturated carbocycles. The van der Waals surface area contributed by atoms with Gasteiger partial charge in [0.15, 0.2) is 0 Å². The standard InChI is InChI=1S/C11H8BrClFN3/c12-8-2-1-6(14)3-9(8)16-11-5-7(15)4-10(13)17-11/h1-5H,(H3,15,16,17). The summed E-state index contributed by atoms with van der Waals surface area (Å²) in [4.78, 5) is 4.03. The average Bonchev–Trinajstić information content (AvgIpc) is 2.22. The van der Waals surface area contributed by atoms with Gasteiger partial charge in [-0.15, -0.1) is 0 Å². The van der Waals surface area contributed by atoms with Crippen molar-refractivity contribution >= 4 is 44.7 Å². The molecule has 3 nitrogen and oxygen atoms in total. The Balaban J connectivity index is 2.34. The zero-order valence-corrected chi connectivity index (χ0v) is 10.9. The lowest BCUT2D eigenvalue weighted by Gasteiger charge is -2.08. The Labute approximate surface area is 111 Å². The number of hydrogen-bond acceptors (Lipinski definition) is 3. The zero-order valence-electron chi connectivity index (χ0n) is 8.55. The van der Waals surface area contributed by atoms with Crippen molar-refractivity contribution in [1.29, 1.82) is 0 Å². The van der Waals surface area contributed by atoms with Gasteiger partial charge in [0.2, 0.25) is 0 Å². The molecule has 0 amide bonds. The highest BCUT2D eigenvalue weighted by atomic mass is 79.9. The Bertz CT molecular complexity index is 542. The number of nitrogens with two attached hydrogens (primary N) is 1. The molecule has 0 bridgehead atoms. The third-order valence-corrected chi connectivity index (χ3v) is 2.89. The van der Waals surface area contributed by atoms with Crippen molar-refractivity contribution in [3.63, 3.8) is 0 Å². The van der Waals surface area contributed by atoms with Crippen molar-refractivity contribution in [2.24, 2.45) is 0 Å². The SMILES string of the molecule is Nc1cc(Cl)nc(Nc2cc(F)ccc2Br)c1. The topological polar surface area (TPSA) is 50.9 Å². The van der Waals surface area contributed by atoms with E-state index < -0.39 is 0 Å². The number of nitrogen functional groups attached to an aromatic ring is 1. The molecule has 2 rings (SSSR count). The summed E-state index contributed by atoms with van der Waals surface area (Å²) in [5.74, 6) is 0.118. The van der Waals surface area contributed by atoms with E-state index in [1.165, 1.54) is 18.2 Å². The molecular weight excluding hydrogens is 308 g/mol. The molecule has 3 N–H and O–H groups in total. The second-order valence-electron chi connectivity index (χ2n) is 3.36. The molecule has 2 aromatic rings. The molecule has 88 valence electrons. The van der Waals surface area contributed by atoms with Crippen LogP contribution in [0.2, 0.25) is 5.15 Å². The first-order valence-corrected chi connectivity index (χ1v) is 5.87. The molecule has 6 heteroatoms. The first-order chi connectivity index (χ1) is 8.04. The molecular formula is C11H8BrClFN3. The molecule has 0 fully saturated rings. The second-order valence-corrected chi connectivity index (χ2v) is 4.60. The lowest BCUT2D eigenvalue weighted by Crippen LogP contribution is -1.97. The van der Waals surface area contributed by atoms with Gasteiger partial charge in [0.1, 0.15) is 16.8 Å². The van der Waals surface area contributed by atoms with Gasteiger partial charge >= 0.3 is 0 Å². The maximum absolute atomic E-state index is 13.1. The predicted octanol–water partition coefficient (Wildman–Crippen LogP) is 3.96. The van der Waals surface area contributed by atoms with Gasteiger partial charge in [-0.2, -0.15) is 0 Å². The van der Waals surface area contributed by atoms with Crippen LogP contribution in [0.3, 0.4) is 0 Å². The highest BCUT2D eigenvalue weighted by Crippen LogP contribution is 2.27. The van der Waals surface area contributed by atoms with Gasteiger partial charge in [-0.3, -0.25) is 0 Å². The molecule has 0 spiro atoms. The van der Waals surface area contributed by atoms with E-state index >= 15 is 0 Å². The predicted molar refractivity (Wildman–Crippen MR) is 71.0 cm³/mol. The quantitative estimate of drug-likeness (QED) is 0.825. The number of rotatable bonds is 2. The van der Waals surface area contributed by atoms with Crippen molar-refractivity contribution in [2.75, 3.05) is 11.1 Å². The fraction of sp³-hybridized carbons (Fsp3) is 0. The van der Waals surface area contributed by atoms with Crippen LogP contribution in [-0.4, -0.2) is 4.98 Å². The van der Waals surface area contributed by atoms with Crippen LogP contribution >= 0.6 is 27.5 Å². The van der Waals surface area contributed by atoms with Gasteiger partial charge in [0, 0.05) is 16.2 Å². The highest BCUT2D eigenvalue weighted by Gasteiger charge is 2.04. The Morgan fingerprint density at radius 2 is 2.06 bits per heavy atom. The minimum atomic E-state index is -0.342. The number of aromatic nitrogens is 1. The average molecular weight is 317 g/mol. The van der Waals surface area contributed by atoms with Gasteiger partial charge in [-0.05, 0) is 40.2 Å². The molecule has 1 aromatic heterocycles. The summed E-state index contributed by atoms with van der Waals surface area (Å²) < 4.78 is 13.8. The minimum Gasteiger partial charge on any atom is -0.399 e. The molecule has 0 aliphatic carbocycles. The summed E-state index contributed by atoms with van der Waals surface area (Å²) in [6, 6.07) is 7.46. The van der Waals surface area contributed by atoms with Crippen LogP contribution in [0.4, 0.5) is 21.6 Å². The Kier molecular flexibility index (Phi) is 3.49. The molecule has 0 saturated heterocycles. The van der Waals surface area contributed by atoms with E-state index in [1.807, 2.05) is 0 Å². The summed E-state index contributed by atoms with van der Waals surface area (Å²) >= 11 is 9.07. The summed E-state index contributed by atoms with van der Waals surface area (Å²) in [5.41, 5.74) is 6.67. The number of hydrogen-bond donors (Lipinski definition) is 2. The van der Waals surface area contributed by atoms with Crippen LogP contribution in [0, 0.1) is 5.82 Å². The summed E-state index contributed by atoms with van der Waals surface area (Å²) in [5, 5.41) is 3.21. The summed E-state index contributed by atoms with van der Waals surface area (Å²) in [6.45, 7) is 0. The van der Waals surface area contributed by atoms with Crippen molar-refractivity contribution in [2.45, 2.75) is 0 Å². The normalized spacial score (nSPS) is 10.3. The van der Waals surface area contributed by atoms with E-state index in [4.69, 9.17) is 17.3 Å². The molecule has 0 radical (unpaired) electrons. The van der Waals surface area contributed by atoms with Gasteiger partial charge in [-0.25, -0.2) is 9.37 Å². The highest BCUT2D eigenvalue weighted by molar-refractivity contribution is 9.10. The Morgan fingerprint density at radius 1 is 1.29 bits per heavy atom. The van der Waals surface area contributed by atoms with Crippen LogP contribution < -0.4 is 11.1 Å². The molecule has 17 heavy (non-hydrogen) atoms. The molecule has 1 aromatic carbocycles. The molecule has 0 unspecified atom stereocenters. The lowest BCUT2D eigenvalue weighted by molar-refractivity contribution is 0.628. The number of nitrogens with one attached hydrogen (secondary N) is 1. The van der Waals surface area contributed by atoms with E-state index in [0.717, 1.165) is 4.47 Å². The van der Waals surface area contributed by atoms with E-state index in [2.05, 4.69) is 26.2 Å². The molecule has 0 atom stereocenters. The van der Waals surface area contributed by atoms with Crippen LogP contribution in [0.15, 0.2) is 34.8 Å². The first kappa shape index (κ1) is 12.1. The fourth-order valence-electron chi connectivity index (χ4n) is 1.31. The van der Waals surface area contributed by atoms with Crippen LogP contribution in [-0.2, 0) is 0 Å². The molecule has 1 heterocycles. The maximum Gasteiger partial charge on any atom is 0.134 e. The van der Waals surface area contributed by atoms with Crippen molar-refractivity contribution in [3.05, 3.63) is 45.8 Å². The van der Waals surface area contributed by atoms with Crippen molar-refractivity contribution in [3.8, 4) is 0 Å². The largest absolute Gasteiger partial charge is 0.399 e. The van der Waals surface area contributed by atoms with E-state index in [-0.39, 0.29) is 11.0 Å². The number of nitrogens with zero attached hydrogens (tertiary/aromatic N) is 1. The lowest BCUT2D eigenvalue weighted by atomic mass is 10.3. The Hall–Kier alpha value is -1.33. The molecule has 0 aliphatic heterocycles. The van der Waals surface area contributed by atoms with E-state index in [1.54, 1.807) is 12.1 Å². The van der Waals surface area contributed by atoms with E-state index in [9.17, 15) is 4.39 Å². The van der Waals surface area contributed by atoms with Gasteiger partial charge < -0.3 is 11.1 Å². The van der Waals surface area contributed by atoms with E-state index in [0.29, 0.717) is 17.2 Å². The monoisotopic (exact) mass is 315 g/mol. The smallest absolute Gasteiger partial charge is 0.134 e. The maximum atomic E-state index is 13.1. The van der Waals surface area contributed by atoms with Gasteiger partial charge in [0.05, 0.1) is 5.69 Å². The number of halogens is 3.